The van der Waals surface area contributed by atoms with Gasteiger partial charge >= 0.3 is 0 Å². The molecular formula is C16H25NO2. The lowest BCUT2D eigenvalue weighted by molar-refractivity contribution is 0.132. The molecule has 19 heavy (non-hydrogen) atoms. The van der Waals surface area contributed by atoms with Crippen LogP contribution in [0.4, 0.5) is 0 Å². The van der Waals surface area contributed by atoms with E-state index in [1.807, 2.05) is 13.1 Å². The van der Waals surface area contributed by atoms with Gasteiger partial charge in [-0.1, -0.05) is 12.1 Å². The number of benzene rings is 1. The van der Waals surface area contributed by atoms with Gasteiger partial charge in [-0.15, -0.1) is 0 Å². The van der Waals surface area contributed by atoms with Crippen molar-refractivity contribution in [1.29, 1.82) is 0 Å². The van der Waals surface area contributed by atoms with Crippen LogP contribution >= 0.6 is 0 Å². The molecule has 106 valence electrons. The molecule has 1 N–H and O–H groups in total. The second kappa shape index (κ2) is 5.83. The smallest absolute Gasteiger partial charge is 0.165 e. The Morgan fingerprint density at radius 1 is 1.42 bits per heavy atom. The van der Waals surface area contributed by atoms with Gasteiger partial charge in [-0.2, -0.15) is 0 Å². The van der Waals surface area contributed by atoms with Gasteiger partial charge < -0.3 is 14.8 Å². The van der Waals surface area contributed by atoms with Crippen molar-refractivity contribution in [1.82, 2.24) is 5.32 Å². The van der Waals surface area contributed by atoms with Crippen LogP contribution in [0.5, 0.6) is 11.5 Å². The highest BCUT2D eigenvalue weighted by Gasteiger charge is 2.32. The maximum atomic E-state index is 5.99. The van der Waals surface area contributed by atoms with Gasteiger partial charge in [0, 0.05) is 18.0 Å². The predicted octanol–water partition coefficient (Wildman–Crippen LogP) is 3.17. The summed E-state index contributed by atoms with van der Waals surface area (Å²) in [6, 6.07) is 6.72. The zero-order valence-electron chi connectivity index (χ0n) is 12.5. The first-order valence-electron chi connectivity index (χ1n) is 7.13. The molecule has 3 heteroatoms. The fourth-order valence-corrected chi connectivity index (χ4v) is 2.42. The van der Waals surface area contributed by atoms with Crippen LogP contribution in [-0.2, 0) is 6.42 Å². The van der Waals surface area contributed by atoms with Gasteiger partial charge in [0.2, 0.25) is 0 Å². The Bertz CT molecular complexity index is 429. The molecule has 3 nitrogen and oxygen atoms in total. The van der Waals surface area contributed by atoms with E-state index < -0.39 is 0 Å². The van der Waals surface area contributed by atoms with Gasteiger partial charge in [-0.05, 0) is 46.7 Å². The lowest BCUT2D eigenvalue weighted by Crippen LogP contribution is -2.24. The number of para-hydroxylation sites is 1. The Kier molecular flexibility index (Phi) is 4.35. The summed E-state index contributed by atoms with van der Waals surface area (Å²) in [5.41, 5.74) is 1.15. The second-order valence-electron chi connectivity index (χ2n) is 5.96. The maximum absolute atomic E-state index is 5.99. The minimum Gasteiger partial charge on any atom is -0.490 e. The molecule has 1 aromatic rings. The van der Waals surface area contributed by atoms with Crippen molar-refractivity contribution in [3.05, 3.63) is 23.8 Å². The lowest BCUT2D eigenvalue weighted by Gasteiger charge is -2.18. The number of rotatable bonds is 6. The molecule has 1 unspecified atom stereocenters. The molecule has 1 aliphatic rings. The Morgan fingerprint density at radius 2 is 2.21 bits per heavy atom. The number of ether oxygens (including phenoxy) is 2. The third kappa shape index (κ3) is 3.63. The summed E-state index contributed by atoms with van der Waals surface area (Å²) in [4.78, 5) is 0. The van der Waals surface area contributed by atoms with E-state index >= 15 is 0 Å². The molecule has 0 saturated heterocycles. The molecule has 0 saturated carbocycles. The molecule has 1 aliphatic heterocycles. The number of fused-ring (bicyclic) bond motifs is 1. The second-order valence-corrected chi connectivity index (χ2v) is 5.96. The van der Waals surface area contributed by atoms with Gasteiger partial charge in [0.15, 0.2) is 11.5 Å². The molecule has 1 aromatic carbocycles. The summed E-state index contributed by atoms with van der Waals surface area (Å²) < 4.78 is 11.9. The molecule has 0 radical (unpaired) electrons. The molecule has 0 amide bonds. The Hall–Kier alpha value is -1.22. The molecular weight excluding hydrogens is 238 g/mol. The average molecular weight is 263 g/mol. The van der Waals surface area contributed by atoms with Gasteiger partial charge in [-0.25, -0.2) is 0 Å². The molecule has 0 fully saturated rings. The number of hydrogen-bond donors (Lipinski definition) is 1. The molecule has 0 spiro atoms. The summed E-state index contributed by atoms with van der Waals surface area (Å²) in [7, 11) is 1.99. The quantitative estimate of drug-likeness (QED) is 0.800. The summed E-state index contributed by atoms with van der Waals surface area (Å²) in [6.45, 7) is 7.16. The fourth-order valence-electron chi connectivity index (χ4n) is 2.42. The highest BCUT2D eigenvalue weighted by atomic mass is 16.5. The normalized spacial score (nSPS) is 17.7. The van der Waals surface area contributed by atoms with Gasteiger partial charge in [-0.3, -0.25) is 0 Å². The minimum absolute atomic E-state index is 0.109. The Balaban J connectivity index is 1.91. The predicted molar refractivity (Wildman–Crippen MR) is 78.1 cm³/mol. The van der Waals surface area contributed by atoms with Crippen molar-refractivity contribution in [3.63, 3.8) is 0 Å². The summed E-state index contributed by atoms with van der Waals surface area (Å²) in [5.74, 6) is 1.83. The van der Waals surface area contributed by atoms with E-state index in [0.717, 1.165) is 37.4 Å². The van der Waals surface area contributed by atoms with Crippen molar-refractivity contribution in [3.8, 4) is 11.5 Å². The molecule has 1 atom stereocenters. The van der Waals surface area contributed by atoms with Gasteiger partial charge in [0.05, 0.1) is 6.61 Å². The van der Waals surface area contributed by atoms with Crippen molar-refractivity contribution in [2.45, 2.75) is 51.7 Å². The van der Waals surface area contributed by atoms with Crippen molar-refractivity contribution in [2.75, 3.05) is 13.7 Å². The minimum atomic E-state index is -0.109. The largest absolute Gasteiger partial charge is 0.490 e. The zero-order valence-corrected chi connectivity index (χ0v) is 12.5. The van der Waals surface area contributed by atoms with Crippen LogP contribution in [-0.4, -0.2) is 25.3 Å². The third-order valence-corrected chi connectivity index (χ3v) is 3.59. The van der Waals surface area contributed by atoms with Crippen LogP contribution in [0, 0.1) is 0 Å². The first-order valence-corrected chi connectivity index (χ1v) is 7.13. The summed E-state index contributed by atoms with van der Waals surface area (Å²) in [5, 5.41) is 3.24. The number of hydrogen-bond acceptors (Lipinski definition) is 3. The van der Waals surface area contributed by atoms with Crippen LogP contribution in [0.3, 0.4) is 0 Å². The zero-order chi connectivity index (χ0) is 13.9. The third-order valence-electron chi connectivity index (χ3n) is 3.59. The van der Waals surface area contributed by atoms with E-state index in [0.29, 0.717) is 6.04 Å². The highest BCUT2D eigenvalue weighted by molar-refractivity contribution is 5.50. The molecule has 0 aliphatic carbocycles. The monoisotopic (exact) mass is 263 g/mol. The van der Waals surface area contributed by atoms with Crippen LogP contribution in [0.2, 0.25) is 0 Å². The number of nitrogens with one attached hydrogen (secondary N) is 1. The summed E-state index contributed by atoms with van der Waals surface area (Å²) >= 11 is 0. The Morgan fingerprint density at radius 3 is 2.95 bits per heavy atom. The van der Waals surface area contributed by atoms with E-state index in [1.54, 1.807) is 0 Å². The van der Waals surface area contributed by atoms with Gasteiger partial charge in [0.1, 0.15) is 5.60 Å². The topological polar surface area (TPSA) is 30.5 Å². The highest BCUT2D eigenvalue weighted by Crippen LogP contribution is 2.41. The van der Waals surface area contributed by atoms with Crippen LogP contribution in [0.1, 0.15) is 39.2 Å². The van der Waals surface area contributed by atoms with Crippen molar-refractivity contribution in [2.24, 2.45) is 0 Å². The SMILES string of the molecule is CNC(C)CCCOc1cccc2c1OC(C)(C)C2. The van der Waals surface area contributed by atoms with E-state index in [-0.39, 0.29) is 5.60 Å². The molecule has 2 rings (SSSR count). The first-order chi connectivity index (χ1) is 9.02. The van der Waals surface area contributed by atoms with E-state index in [1.165, 1.54) is 5.56 Å². The van der Waals surface area contributed by atoms with E-state index in [9.17, 15) is 0 Å². The first kappa shape index (κ1) is 14.2. The fraction of sp³-hybridized carbons (Fsp3) is 0.625. The average Bonchev–Trinajstić information content (AvgIpc) is 2.68. The van der Waals surface area contributed by atoms with Gasteiger partial charge in [0.25, 0.3) is 0 Å². The summed E-state index contributed by atoms with van der Waals surface area (Å²) in [6.07, 6.45) is 3.13. The van der Waals surface area contributed by atoms with Crippen LogP contribution in [0.15, 0.2) is 18.2 Å². The van der Waals surface area contributed by atoms with Crippen molar-refractivity contribution >= 4 is 0 Å². The van der Waals surface area contributed by atoms with Crippen LogP contribution in [0.25, 0.3) is 0 Å². The van der Waals surface area contributed by atoms with Crippen molar-refractivity contribution < 1.29 is 9.47 Å². The maximum Gasteiger partial charge on any atom is 0.165 e. The molecule has 1 heterocycles. The van der Waals surface area contributed by atoms with E-state index in [2.05, 4.69) is 38.2 Å². The van der Waals surface area contributed by atoms with E-state index in [4.69, 9.17) is 9.47 Å². The lowest BCUT2D eigenvalue weighted by atomic mass is 10.0. The standard InChI is InChI=1S/C16H25NO2/c1-12(17-4)7-6-10-18-14-9-5-8-13-11-16(2,3)19-15(13)14/h5,8-9,12,17H,6-7,10-11H2,1-4H3. The van der Waals surface area contributed by atoms with Crippen LogP contribution < -0.4 is 14.8 Å². The molecule has 0 aromatic heterocycles. The Labute approximate surface area is 116 Å². The molecule has 0 bridgehead atoms.